The van der Waals surface area contributed by atoms with E-state index in [9.17, 15) is 9.59 Å². The van der Waals surface area contributed by atoms with Gasteiger partial charge < -0.3 is 10.2 Å². The van der Waals surface area contributed by atoms with Gasteiger partial charge in [-0.25, -0.2) is 4.98 Å². The van der Waals surface area contributed by atoms with Crippen molar-refractivity contribution in [2.45, 2.75) is 51.0 Å². The monoisotopic (exact) mass is 395 g/mol. The van der Waals surface area contributed by atoms with Gasteiger partial charge in [-0.05, 0) is 62.8 Å². The average Bonchev–Trinajstić information content (AvgIpc) is 3.39. The Morgan fingerprint density at radius 1 is 1.18 bits per heavy atom. The molecule has 2 aromatic rings. The van der Waals surface area contributed by atoms with Crippen molar-refractivity contribution in [1.29, 1.82) is 0 Å². The van der Waals surface area contributed by atoms with Crippen molar-refractivity contribution < 1.29 is 9.59 Å². The van der Waals surface area contributed by atoms with E-state index in [0.717, 1.165) is 37.1 Å². The highest BCUT2D eigenvalue weighted by Gasteiger charge is 2.31. The molecule has 1 N–H and O–H groups in total. The number of likely N-dealkylation sites (tertiary alicyclic amines) is 1. The zero-order chi connectivity index (χ0) is 19.3. The van der Waals surface area contributed by atoms with Crippen molar-refractivity contribution in [2.24, 2.45) is 0 Å². The first-order valence-electron chi connectivity index (χ1n) is 10.0. The summed E-state index contributed by atoms with van der Waals surface area (Å²) in [7, 11) is 0. The van der Waals surface area contributed by atoms with E-state index in [4.69, 9.17) is 0 Å². The summed E-state index contributed by atoms with van der Waals surface area (Å²) in [4.78, 5) is 33.3. The third-order valence-electron chi connectivity index (χ3n) is 5.42. The predicted octanol–water partition coefficient (Wildman–Crippen LogP) is 4.95. The van der Waals surface area contributed by atoms with Crippen molar-refractivity contribution in [1.82, 2.24) is 9.88 Å². The predicted molar refractivity (Wildman–Crippen MR) is 111 cm³/mol. The first-order valence-corrected chi connectivity index (χ1v) is 10.8. The van der Waals surface area contributed by atoms with Gasteiger partial charge in [-0.3, -0.25) is 9.59 Å². The third-order valence-corrected chi connectivity index (χ3v) is 6.61. The minimum atomic E-state index is -0.154. The Balaban J connectivity index is 1.42. The summed E-state index contributed by atoms with van der Waals surface area (Å²) in [6, 6.07) is 9.36. The van der Waals surface area contributed by atoms with E-state index in [1.165, 1.54) is 29.8 Å². The van der Waals surface area contributed by atoms with Crippen molar-refractivity contribution in [3.63, 3.8) is 0 Å². The smallest absolute Gasteiger partial charge is 0.266 e. The molecule has 0 aromatic carbocycles. The number of carbonyl (C=O) groups is 2. The summed E-state index contributed by atoms with van der Waals surface area (Å²) >= 11 is 1.48. The summed E-state index contributed by atoms with van der Waals surface area (Å²) in [6.07, 6.45) is 11.0. The number of anilines is 1. The van der Waals surface area contributed by atoms with Crippen LogP contribution in [-0.4, -0.2) is 28.2 Å². The van der Waals surface area contributed by atoms with Crippen LogP contribution >= 0.6 is 11.3 Å². The molecular formula is C22H25N3O2S. The van der Waals surface area contributed by atoms with E-state index < -0.39 is 0 Å². The lowest BCUT2D eigenvalue weighted by molar-refractivity contribution is -0.131. The van der Waals surface area contributed by atoms with Crippen LogP contribution in [0.15, 0.2) is 48.2 Å². The van der Waals surface area contributed by atoms with Crippen LogP contribution in [0, 0.1) is 0 Å². The van der Waals surface area contributed by atoms with E-state index in [-0.39, 0.29) is 17.9 Å². The number of rotatable bonds is 5. The lowest BCUT2D eigenvalue weighted by Gasteiger charge is -2.25. The zero-order valence-corrected chi connectivity index (χ0v) is 16.7. The number of aromatic nitrogens is 1. The molecule has 0 radical (unpaired) electrons. The summed E-state index contributed by atoms with van der Waals surface area (Å²) in [5.74, 6) is 0.614. The third kappa shape index (κ3) is 4.33. The van der Waals surface area contributed by atoms with E-state index in [2.05, 4.69) is 16.4 Å². The average molecular weight is 396 g/mol. The highest BCUT2D eigenvalue weighted by molar-refractivity contribution is 7.14. The van der Waals surface area contributed by atoms with Crippen LogP contribution in [0.5, 0.6) is 0 Å². The molecule has 2 amide bonds. The molecule has 2 aliphatic rings. The Morgan fingerprint density at radius 3 is 2.89 bits per heavy atom. The van der Waals surface area contributed by atoms with Gasteiger partial charge in [0.2, 0.25) is 5.91 Å². The summed E-state index contributed by atoms with van der Waals surface area (Å²) in [5.41, 5.74) is 1.29. The van der Waals surface area contributed by atoms with Crippen molar-refractivity contribution >= 4 is 29.0 Å². The lowest BCUT2D eigenvalue weighted by atomic mass is 9.96. The summed E-state index contributed by atoms with van der Waals surface area (Å²) < 4.78 is 0. The fourth-order valence-corrected chi connectivity index (χ4v) is 5.04. The Labute approximate surface area is 169 Å². The van der Waals surface area contributed by atoms with Gasteiger partial charge in [0.15, 0.2) is 0 Å². The van der Waals surface area contributed by atoms with Gasteiger partial charge in [0.1, 0.15) is 5.82 Å². The maximum atomic E-state index is 12.9. The number of carbonyl (C=O) groups excluding carboxylic acids is 2. The van der Waals surface area contributed by atoms with E-state index in [1.807, 2.05) is 29.2 Å². The highest BCUT2D eigenvalue weighted by atomic mass is 32.1. The molecule has 146 valence electrons. The van der Waals surface area contributed by atoms with Crippen molar-refractivity contribution in [3.8, 4) is 0 Å². The molecule has 0 unspecified atom stereocenters. The molecule has 1 aliphatic heterocycles. The molecule has 1 atom stereocenters. The SMILES string of the molecule is O=C(Nc1ccccn1)c1ccc([C@H]2CCCN2C(=O)CC2=CCCCC2)s1. The number of allylic oxidation sites excluding steroid dienone is 1. The molecule has 0 spiro atoms. The van der Waals surface area contributed by atoms with Gasteiger partial charge >= 0.3 is 0 Å². The Bertz CT molecular complexity index is 875. The fraction of sp³-hybridized carbons (Fsp3) is 0.409. The molecule has 3 heterocycles. The fourth-order valence-electron chi connectivity index (χ4n) is 3.99. The Hall–Kier alpha value is -2.47. The second-order valence-corrected chi connectivity index (χ2v) is 8.52. The van der Waals surface area contributed by atoms with Crippen LogP contribution in [-0.2, 0) is 4.79 Å². The molecular weight excluding hydrogens is 370 g/mol. The molecule has 2 aromatic heterocycles. The summed E-state index contributed by atoms with van der Waals surface area (Å²) in [6.45, 7) is 0.810. The van der Waals surface area contributed by atoms with Gasteiger partial charge in [0.25, 0.3) is 5.91 Å². The number of pyridine rings is 1. The topological polar surface area (TPSA) is 62.3 Å². The van der Waals surface area contributed by atoms with Gasteiger partial charge in [-0.15, -0.1) is 11.3 Å². The number of thiophene rings is 1. The van der Waals surface area contributed by atoms with Gasteiger partial charge in [-0.2, -0.15) is 0 Å². The maximum absolute atomic E-state index is 12.9. The van der Waals surface area contributed by atoms with Crippen LogP contribution in [0.1, 0.15) is 65.5 Å². The molecule has 1 saturated heterocycles. The molecule has 0 saturated carbocycles. The maximum Gasteiger partial charge on any atom is 0.266 e. The molecule has 1 aliphatic carbocycles. The van der Waals surface area contributed by atoms with Crippen LogP contribution in [0.4, 0.5) is 5.82 Å². The molecule has 0 bridgehead atoms. The largest absolute Gasteiger partial charge is 0.335 e. The Kier molecular flexibility index (Phi) is 5.86. The number of nitrogens with one attached hydrogen (secondary N) is 1. The van der Waals surface area contributed by atoms with Crippen molar-refractivity contribution in [3.05, 3.63) is 57.9 Å². The molecule has 4 rings (SSSR count). The van der Waals surface area contributed by atoms with Crippen LogP contribution in [0.25, 0.3) is 0 Å². The number of nitrogens with zero attached hydrogens (tertiary/aromatic N) is 2. The normalized spacial score (nSPS) is 19.4. The van der Waals surface area contributed by atoms with E-state index in [0.29, 0.717) is 17.1 Å². The molecule has 28 heavy (non-hydrogen) atoms. The minimum Gasteiger partial charge on any atom is -0.335 e. The number of hydrogen-bond donors (Lipinski definition) is 1. The van der Waals surface area contributed by atoms with E-state index >= 15 is 0 Å². The highest BCUT2D eigenvalue weighted by Crippen LogP contribution is 2.37. The molecule has 5 nitrogen and oxygen atoms in total. The number of hydrogen-bond acceptors (Lipinski definition) is 4. The van der Waals surface area contributed by atoms with Crippen LogP contribution < -0.4 is 5.32 Å². The zero-order valence-electron chi connectivity index (χ0n) is 15.9. The van der Waals surface area contributed by atoms with Gasteiger partial charge in [0, 0.05) is 24.0 Å². The quantitative estimate of drug-likeness (QED) is 0.729. The first-order chi connectivity index (χ1) is 13.7. The second kappa shape index (κ2) is 8.69. The number of amides is 2. The van der Waals surface area contributed by atoms with Crippen LogP contribution in [0.3, 0.4) is 0 Å². The standard InChI is InChI=1S/C22H25N3O2S/c26-21(15-16-7-2-1-3-8-16)25-14-6-9-17(25)18-11-12-19(28-18)22(27)24-20-10-4-5-13-23-20/h4-5,7,10-13,17H,1-3,6,8-9,14-15H2,(H,23,24,27)/t17-/m1/s1. The lowest BCUT2D eigenvalue weighted by Crippen LogP contribution is -2.30. The molecule has 1 fully saturated rings. The van der Waals surface area contributed by atoms with Gasteiger partial charge in [0.05, 0.1) is 10.9 Å². The van der Waals surface area contributed by atoms with Gasteiger partial charge in [-0.1, -0.05) is 17.7 Å². The van der Waals surface area contributed by atoms with Crippen LogP contribution in [0.2, 0.25) is 0 Å². The van der Waals surface area contributed by atoms with E-state index in [1.54, 1.807) is 12.3 Å². The first kappa shape index (κ1) is 18.9. The minimum absolute atomic E-state index is 0.0955. The summed E-state index contributed by atoms with van der Waals surface area (Å²) in [5, 5.41) is 2.82. The van der Waals surface area contributed by atoms with Crippen molar-refractivity contribution in [2.75, 3.05) is 11.9 Å². The Morgan fingerprint density at radius 2 is 2.11 bits per heavy atom. The molecule has 6 heteroatoms. The second-order valence-electron chi connectivity index (χ2n) is 7.40.